The predicted molar refractivity (Wildman–Crippen MR) is 83.4 cm³/mol. The minimum Gasteiger partial charge on any atom is -0.444 e. The Balaban J connectivity index is 0.00000161. The van der Waals surface area contributed by atoms with Crippen molar-refractivity contribution in [2.24, 2.45) is 5.41 Å². The average molecular weight is 308 g/mol. The van der Waals surface area contributed by atoms with Gasteiger partial charge in [0.25, 0.3) is 0 Å². The van der Waals surface area contributed by atoms with Gasteiger partial charge in [0, 0.05) is 17.8 Å². The highest BCUT2D eigenvalue weighted by Crippen LogP contribution is 2.27. The Hall–Kier alpha value is -1.85. The minimum atomic E-state index is -0.316. The van der Waals surface area contributed by atoms with Crippen molar-refractivity contribution in [3.8, 4) is 11.3 Å². The summed E-state index contributed by atoms with van der Waals surface area (Å²) in [5.41, 5.74) is 1.42. The topological polar surface area (TPSA) is 67.2 Å². The number of carbonyl (C=O) groups excluding carboxylic acids is 1. The number of halogens is 1. The van der Waals surface area contributed by atoms with Crippen molar-refractivity contribution >= 4 is 24.0 Å². The van der Waals surface area contributed by atoms with Gasteiger partial charge in [0.05, 0.1) is 11.6 Å². The van der Waals surface area contributed by atoms with E-state index < -0.39 is 0 Å². The zero-order chi connectivity index (χ0) is 14.0. The van der Waals surface area contributed by atoms with Crippen molar-refractivity contribution in [3.63, 3.8) is 0 Å². The number of aromatic nitrogens is 1. The molecule has 0 bridgehead atoms. The predicted octanol–water partition coefficient (Wildman–Crippen LogP) is 2.70. The molecule has 0 aliphatic carbocycles. The zero-order valence-corrected chi connectivity index (χ0v) is 12.6. The molecule has 2 heterocycles. The molecule has 0 radical (unpaired) electrons. The first kappa shape index (κ1) is 15.5. The highest BCUT2D eigenvalue weighted by molar-refractivity contribution is 5.95. The van der Waals surface area contributed by atoms with Gasteiger partial charge in [-0.3, -0.25) is 4.79 Å². The molecule has 1 fully saturated rings. The van der Waals surface area contributed by atoms with Crippen molar-refractivity contribution in [2.75, 3.05) is 18.4 Å². The molecule has 0 spiro atoms. The molecule has 3 rings (SSSR count). The minimum absolute atomic E-state index is 0. The summed E-state index contributed by atoms with van der Waals surface area (Å²) in [6, 6.07) is 7.57. The third-order valence-electron chi connectivity index (χ3n) is 3.78. The lowest BCUT2D eigenvalue weighted by Crippen LogP contribution is -2.35. The van der Waals surface area contributed by atoms with Gasteiger partial charge < -0.3 is 15.1 Å². The van der Waals surface area contributed by atoms with E-state index in [2.05, 4.69) is 15.6 Å². The fourth-order valence-electron chi connectivity index (χ4n) is 2.37. The molecule has 2 N–H and O–H groups in total. The zero-order valence-electron chi connectivity index (χ0n) is 11.8. The monoisotopic (exact) mass is 307 g/mol. The number of nitrogens with one attached hydrogen (secondary N) is 2. The molecule has 1 aromatic carbocycles. The number of benzene rings is 1. The SMILES string of the molecule is CC1(C(=O)Nc2ccc(-c3cnco3)cc2)CCNC1.Cl. The van der Waals surface area contributed by atoms with Crippen LogP contribution in [0.4, 0.5) is 5.69 Å². The average Bonchev–Trinajstić information content (AvgIpc) is 3.11. The van der Waals surface area contributed by atoms with E-state index in [1.165, 1.54) is 6.39 Å². The summed E-state index contributed by atoms with van der Waals surface area (Å²) in [4.78, 5) is 16.2. The van der Waals surface area contributed by atoms with Crippen LogP contribution in [-0.2, 0) is 4.79 Å². The fourth-order valence-corrected chi connectivity index (χ4v) is 2.37. The lowest BCUT2D eigenvalue weighted by atomic mass is 9.89. The summed E-state index contributed by atoms with van der Waals surface area (Å²) in [6.45, 7) is 3.62. The maximum absolute atomic E-state index is 12.3. The Kier molecular flexibility index (Phi) is 4.65. The number of carbonyl (C=O) groups is 1. The Morgan fingerprint density at radius 1 is 1.38 bits per heavy atom. The number of oxazole rings is 1. The molecule has 0 saturated carbocycles. The number of amides is 1. The normalized spacial score (nSPS) is 20.8. The van der Waals surface area contributed by atoms with Crippen LogP contribution < -0.4 is 10.6 Å². The summed E-state index contributed by atoms with van der Waals surface area (Å²) in [5.74, 6) is 0.782. The Morgan fingerprint density at radius 3 is 2.71 bits per heavy atom. The second-order valence-corrected chi connectivity index (χ2v) is 5.38. The van der Waals surface area contributed by atoms with Crippen molar-refractivity contribution in [2.45, 2.75) is 13.3 Å². The molecule has 2 aromatic rings. The number of rotatable bonds is 3. The quantitative estimate of drug-likeness (QED) is 0.915. The Bertz CT molecular complexity index is 590. The first-order chi connectivity index (χ1) is 9.67. The van der Waals surface area contributed by atoms with Gasteiger partial charge >= 0.3 is 0 Å². The van der Waals surface area contributed by atoms with Crippen LogP contribution in [0.1, 0.15) is 13.3 Å². The van der Waals surface area contributed by atoms with Crippen LogP contribution in [0.2, 0.25) is 0 Å². The second-order valence-electron chi connectivity index (χ2n) is 5.38. The van der Waals surface area contributed by atoms with Gasteiger partial charge in [-0.05, 0) is 44.2 Å². The molecule has 6 heteroatoms. The van der Waals surface area contributed by atoms with Gasteiger partial charge in [0.15, 0.2) is 12.2 Å². The number of anilines is 1. The van der Waals surface area contributed by atoms with Gasteiger partial charge in [-0.1, -0.05) is 0 Å². The van der Waals surface area contributed by atoms with Gasteiger partial charge in [-0.25, -0.2) is 4.98 Å². The number of hydrogen-bond donors (Lipinski definition) is 2. The van der Waals surface area contributed by atoms with Gasteiger partial charge in [-0.2, -0.15) is 0 Å². The highest BCUT2D eigenvalue weighted by atomic mass is 35.5. The van der Waals surface area contributed by atoms with Crippen LogP contribution in [-0.4, -0.2) is 24.0 Å². The van der Waals surface area contributed by atoms with Crippen molar-refractivity contribution in [3.05, 3.63) is 36.9 Å². The van der Waals surface area contributed by atoms with E-state index >= 15 is 0 Å². The summed E-state index contributed by atoms with van der Waals surface area (Å²) < 4.78 is 5.23. The fraction of sp³-hybridized carbons (Fsp3) is 0.333. The van der Waals surface area contributed by atoms with Gasteiger partial charge in [-0.15, -0.1) is 12.4 Å². The van der Waals surface area contributed by atoms with E-state index in [1.54, 1.807) is 6.20 Å². The molecule has 1 aromatic heterocycles. The highest BCUT2D eigenvalue weighted by Gasteiger charge is 2.36. The van der Waals surface area contributed by atoms with Crippen molar-refractivity contribution < 1.29 is 9.21 Å². The lowest BCUT2D eigenvalue weighted by molar-refractivity contribution is -0.123. The van der Waals surface area contributed by atoms with Crippen LogP contribution in [0.5, 0.6) is 0 Å². The third-order valence-corrected chi connectivity index (χ3v) is 3.78. The van der Waals surface area contributed by atoms with Crippen LogP contribution >= 0.6 is 12.4 Å². The van der Waals surface area contributed by atoms with E-state index in [-0.39, 0.29) is 23.7 Å². The van der Waals surface area contributed by atoms with Gasteiger partial charge in [0.2, 0.25) is 5.91 Å². The molecular weight excluding hydrogens is 290 g/mol. The summed E-state index contributed by atoms with van der Waals surface area (Å²) >= 11 is 0. The largest absolute Gasteiger partial charge is 0.444 e. The molecule has 1 saturated heterocycles. The summed E-state index contributed by atoms with van der Waals surface area (Å²) in [7, 11) is 0. The van der Waals surface area contributed by atoms with Crippen LogP contribution in [0.25, 0.3) is 11.3 Å². The molecule has 1 amide bonds. The summed E-state index contributed by atoms with van der Waals surface area (Å²) in [5, 5.41) is 6.20. The maximum atomic E-state index is 12.3. The first-order valence-electron chi connectivity index (χ1n) is 6.68. The number of nitrogens with zero attached hydrogens (tertiary/aromatic N) is 1. The van der Waals surface area contributed by atoms with E-state index in [1.807, 2.05) is 31.2 Å². The second kappa shape index (κ2) is 6.28. The van der Waals surface area contributed by atoms with E-state index in [0.29, 0.717) is 0 Å². The standard InChI is InChI=1S/C15H17N3O2.ClH/c1-15(6-7-16-9-15)14(19)18-12-4-2-11(3-5-12)13-8-17-10-20-13;/h2-5,8,10,16H,6-7,9H2,1H3,(H,18,19);1H. The molecule has 1 aliphatic rings. The molecule has 1 atom stereocenters. The maximum Gasteiger partial charge on any atom is 0.231 e. The lowest BCUT2D eigenvalue weighted by Gasteiger charge is -2.21. The van der Waals surface area contributed by atoms with Crippen LogP contribution in [0, 0.1) is 5.41 Å². The molecule has 1 unspecified atom stereocenters. The van der Waals surface area contributed by atoms with Crippen LogP contribution in [0.15, 0.2) is 41.3 Å². The van der Waals surface area contributed by atoms with Gasteiger partial charge in [0.1, 0.15) is 0 Å². The Labute approximate surface area is 129 Å². The van der Waals surface area contributed by atoms with Crippen molar-refractivity contribution in [1.82, 2.24) is 10.3 Å². The summed E-state index contributed by atoms with van der Waals surface area (Å²) in [6.07, 6.45) is 3.94. The van der Waals surface area contributed by atoms with E-state index in [4.69, 9.17) is 4.42 Å². The molecule has 112 valence electrons. The Morgan fingerprint density at radius 2 is 2.14 bits per heavy atom. The third kappa shape index (κ3) is 3.25. The first-order valence-corrected chi connectivity index (χ1v) is 6.68. The molecule has 1 aliphatic heterocycles. The number of hydrogen-bond acceptors (Lipinski definition) is 4. The smallest absolute Gasteiger partial charge is 0.231 e. The molecule has 21 heavy (non-hydrogen) atoms. The molecular formula is C15H18ClN3O2. The molecule has 5 nitrogen and oxygen atoms in total. The van der Waals surface area contributed by atoms with Crippen LogP contribution in [0.3, 0.4) is 0 Å². The van der Waals surface area contributed by atoms with E-state index in [0.717, 1.165) is 36.5 Å². The van der Waals surface area contributed by atoms with E-state index in [9.17, 15) is 4.79 Å². The van der Waals surface area contributed by atoms with Crippen molar-refractivity contribution in [1.29, 1.82) is 0 Å².